The lowest BCUT2D eigenvalue weighted by Gasteiger charge is -2.13. The van der Waals surface area contributed by atoms with Crippen LogP contribution in [-0.2, 0) is 0 Å². The van der Waals surface area contributed by atoms with Crippen LogP contribution in [0.2, 0.25) is 0 Å². The predicted molar refractivity (Wildman–Crippen MR) is 87.2 cm³/mol. The van der Waals surface area contributed by atoms with E-state index < -0.39 is 0 Å². The number of carbonyl (C=O) groups excluding carboxylic acids is 1. The van der Waals surface area contributed by atoms with Crippen LogP contribution in [0, 0.1) is 20.8 Å². The number of amides is 1. The summed E-state index contributed by atoms with van der Waals surface area (Å²) in [7, 11) is 0. The molecule has 0 aliphatic rings. The second-order valence-corrected chi connectivity index (χ2v) is 5.82. The minimum absolute atomic E-state index is 0.151. The van der Waals surface area contributed by atoms with Crippen LogP contribution in [0.25, 0.3) is 0 Å². The summed E-state index contributed by atoms with van der Waals surface area (Å²) < 4.78 is 0.880. The molecule has 1 amide bonds. The Morgan fingerprint density at radius 2 is 1.80 bits per heavy atom. The maximum absolute atomic E-state index is 12.4. The van der Waals surface area contributed by atoms with Crippen LogP contribution in [-0.4, -0.2) is 5.91 Å². The van der Waals surface area contributed by atoms with E-state index in [1.54, 1.807) is 12.1 Å². The molecule has 2 aromatic carbocycles. The van der Waals surface area contributed by atoms with Gasteiger partial charge in [0.25, 0.3) is 5.91 Å². The zero-order valence-corrected chi connectivity index (χ0v) is 13.3. The first-order valence-corrected chi connectivity index (χ1v) is 7.12. The largest absolute Gasteiger partial charge is 0.399 e. The van der Waals surface area contributed by atoms with Gasteiger partial charge in [-0.05, 0) is 71.6 Å². The van der Waals surface area contributed by atoms with Crippen LogP contribution in [0.4, 0.5) is 11.4 Å². The molecule has 0 aliphatic heterocycles. The van der Waals surface area contributed by atoms with Crippen molar-refractivity contribution in [3.8, 4) is 0 Å². The topological polar surface area (TPSA) is 55.1 Å². The number of aryl methyl sites for hydroxylation is 3. The van der Waals surface area contributed by atoms with Gasteiger partial charge in [-0.1, -0.05) is 12.1 Å². The number of benzene rings is 2. The summed E-state index contributed by atoms with van der Waals surface area (Å²) in [6.07, 6.45) is 0. The van der Waals surface area contributed by atoms with Gasteiger partial charge in [0, 0.05) is 15.7 Å². The van der Waals surface area contributed by atoms with Gasteiger partial charge < -0.3 is 11.1 Å². The van der Waals surface area contributed by atoms with E-state index in [2.05, 4.69) is 21.2 Å². The van der Waals surface area contributed by atoms with Crippen molar-refractivity contribution < 1.29 is 4.79 Å². The molecule has 0 atom stereocenters. The summed E-state index contributed by atoms with van der Waals surface area (Å²) in [6.45, 7) is 5.89. The molecular weight excluding hydrogens is 316 g/mol. The van der Waals surface area contributed by atoms with Gasteiger partial charge in [-0.2, -0.15) is 0 Å². The van der Waals surface area contributed by atoms with Crippen LogP contribution in [0.3, 0.4) is 0 Å². The molecular formula is C16H17BrN2O. The molecule has 3 N–H and O–H groups in total. The van der Waals surface area contributed by atoms with E-state index in [1.807, 2.05) is 39.0 Å². The Labute approximate surface area is 127 Å². The smallest absolute Gasteiger partial charge is 0.256 e. The van der Waals surface area contributed by atoms with Crippen molar-refractivity contribution in [1.82, 2.24) is 0 Å². The van der Waals surface area contributed by atoms with E-state index in [0.717, 1.165) is 26.9 Å². The number of carbonyl (C=O) groups is 1. The van der Waals surface area contributed by atoms with E-state index >= 15 is 0 Å². The molecule has 0 spiro atoms. The van der Waals surface area contributed by atoms with Crippen molar-refractivity contribution in [3.05, 3.63) is 57.1 Å². The third-order valence-corrected chi connectivity index (χ3v) is 3.80. The van der Waals surface area contributed by atoms with Gasteiger partial charge >= 0.3 is 0 Å². The Kier molecular flexibility index (Phi) is 4.14. The van der Waals surface area contributed by atoms with E-state index in [4.69, 9.17) is 5.73 Å². The van der Waals surface area contributed by atoms with Gasteiger partial charge in [0.15, 0.2) is 0 Å². The molecule has 0 bridgehead atoms. The monoisotopic (exact) mass is 332 g/mol. The second-order valence-electron chi connectivity index (χ2n) is 4.97. The standard InChI is InChI=1S/C16H17BrN2O/c1-9-6-11(3)15(14(17)7-9)19-16(20)13-8-12(18)5-4-10(13)2/h4-8H,18H2,1-3H3,(H,19,20). The van der Waals surface area contributed by atoms with Crippen molar-refractivity contribution >= 4 is 33.2 Å². The lowest BCUT2D eigenvalue weighted by atomic mass is 10.1. The third kappa shape index (κ3) is 3.02. The second kappa shape index (κ2) is 5.67. The van der Waals surface area contributed by atoms with E-state index in [0.29, 0.717) is 11.3 Å². The van der Waals surface area contributed by atoms with Crippen LogP contribution >= 0.6 is 15.9 Å². The molecule has 2 aromatic rings. The van der Waals surface area contributed by atoms with Gasteiger partial charge in [0.1, 0.15) is 0 Å². The molecule has 104 valence electrons. The average molecular weight is 333 g/mol. The first kappa shape index (κ1) is 14.6. The first-order chi connectivity index (χ1) is 9.38. The van der Waals surface area contributed by atoms with Gasteiger partial charge in [-0.3, -0.25) is 4.79 Å². The Hall–Kier alpha value is -1.81. The van der Waals surface area contributed by atoms with Crippen LogP contribution in [0.1, 0.15) is 27.0 Å². The molecule has 0 heterocycles. The highest BCUT2D eigenvalue weighted by atomic mass is 79.9. The van der Waals surface area contributed by atoms with Crippen molar-refractivity contribution in [2.45, 2.75) is 20.8 Å². The van der Waals surface area contributed by atoms with Crippen LogP contribution in [0.5, 0.6) is 0 Å². The zero-order chi connectivity index (χ0) is 14.9. The molecule has 0 unspecified atom stereocenters. The summed E-state index contributed by atoms with van der Waals surface area (Å²) >= 11 is 3.49. The number of nitrogens with two attached hydrogens (primary N) is 1. The van der Waals surface area contributed by atoms with Gasteiger partial charge in [0.2, 0.25) is 0 Å². The number of nitrogens with one attached hydrogen (secondary N) is 1. The Morgan fingerprint density at radius 3 is 2.45 bits per heavy atom. The molecule has 4 heteroatoms. The fourth-order valence-electron chi connectivity index (χ4n) is 2.14. The summed E-state index contributed by atoms with van der Waals surface area (Å²) in [5, 5.41) is 2.95. The molecule has 2 rings (SSSR count). The highest BCUT2D eigenvalue weighted by Crippen LogP contribution is 2.28. The number of hydrogen-bond acceptors (Lipinski definition) is 2. The van der Waals surface area contributed by atoms with Crippen LogP contribution < -0.4 is 11.1 Å². The quantitative estimate of drug-likeness (QED) is 0.809. The molecule has 0 aromatic heterocycles. The van der Waals surface area contributed by atoms with Gasteiger partial charge in [-0.25, -0.2) is 0 Å². The van der Waals surface area contributed by atoms with Crippen molar-refractivity contribution in [1.29, 1.82) is 0 Å². The Bertz CT molecular complexity index is 657. The number of rotatable bonds is 2. The normalized spacial score (nSPS) is 10.4. The van der Waals surface area contributed by atoms with Gasteiger partial charge in [-0.15, -0.1) is 0 Å². The van der Waals surface area contributed by atoms with Gasteiger partial charge in [0.05, 0.1) is 5.69 Å². The van der Waals surface area contributed by atoms with E-state index in [-0.39, 0.29) is 5.91 Å². The summed E-state index contributed by atoms with van der Waals surface area (Å²) in [5.41, 5.74) is 10.8. The fraction of sp³-hybridized carbons (Fsp3) is 0.188. The number of anilines is 2. The fourth-order valence-corrected chi connectivity index (χ4v) is 2.91. The number of halogens is 1. The SMILES string of the molecule is Cc1cc(C)c(NC(=O)c2cc(N)ccc2C)c(Br)c1. The zero-order valence-electron chi connectivity index (χ0n) is 11.8. The van der Waals surface area contributed by atoms with Crippen molar-refractivity contribution in [2.75, 3.05) is 11.1 Å². The predicted octanol–water partition coefficient (Wildman–Crippen LogP) is 4.21. The maximum Gasteiger partial charge on any atom is 0.256 e. The molecule has 0 fully saturated rings. The number of hydrogen-bond donors (Lipinski definition) is 2. The molecule has 20 heavy (non-hydrogen) atoms. The third-order valence-electron chi connectivity index (χ3n) is 3.18. The minimum atomic E-state index is -0.151. The highest BCUT2D eigenvalue weighted by molar-refractivity contribution is 9.10. The Morgan fingerprint density at radius 1 is 1.10 bits per heavy atom. The molecule has 3 nitrogen and oxygen atoms in total. The maximum atomic E-state index is 12.4. The van der Waals surface area contributed by atoms with Crippen LogP contribution in [0.15, 0.2) is 34.8 Å². The number of nitrogen functional groups attached to an aromatic ring is 1. The molecule has 0 aliphatic carbocycles. The lowest BCUT2D eigenvalue weighted by molar-refractivity contribution is 0.102. The van der Waals surface area contributed by atoms with Crippen molar-refractivity contribution in [3.63, 3.8) is 0 Å². The summed E-state index contributed by atoms with van der Waals surface area (Å²) in [5.74, 6) is -0.151. The average Bonchev–Trinajstić information content (AvgIpc) is 2.36. The molecule has 0 radical (unpaired) electrons. The summed E-state index contributed by atoms with van der Waals surface area (Å²) in [6, 6.07) is 9.35. The lowest BCUT2D eigenvalue weighted by Crippen LogP contribution is -2.15. The minimum Gasteiger partial charge on any atom is -0.399 e. The Balaban J connectivity index is 2.35. The van der Waals surface area contributed by atoms with Crippen molar-refractivity contribution in [2.24, 2.45) is 0 Å². The van der Waals surface area contributed by atoms with E-state index in [9.17, 15) is 4.79 Å². The van der Waals surface area contributed by atoms with E-state index in [1.165, 1.54) is 0 Å². The summed E-state index contributed by atoms with van der Waals surface area (Å²) in [4.78, 5) is 12.4. The molecule has 0 saturated heterocycles. The first-order valence-electron chi connectivity index (χ1n) is 6.32. The molecule has 0 saturated carbocycles. The highest BCUT2D eigenvalue weighted by Gasteiger charge is 2.13.